The highest BCUT2D eigenvalue weighted by Gasteiger charge is 2.21. The van der Waals surface area contributed by atoms with E-state index in [-0.39, 0.29) is 17.2 Å². The molecule has 1 aromatic heterocycles. The predicted octanol–water partition coefficient (Wildman–Crippen LogP) is 4.01. The first kappa shape index (κ1) is 28.0. The molecule has 0 saturated carbocycles. The van der Waals surface area contributed by atoms with E-state index in [2.05, 4.69) is 14.8 Å². The van der Waals surface area contributed by atoms with Crippen molar-refractivity contribution in [1.29, 1.82) is 0 Å². The summed E-state index contributed by atoms with van der Waals surface area (Å²) in [5, 5.41) is 0.640. The minimum atomic E-state index is -0.0706. The van der Waals surface area contributed by atoms with Crippen molar-refractivity contribution >= 4 is 46.2 Å². The largest absolute Gasteiger partial charge is 0.378 e. The molecule has 0 bridgehead atoms. The summed E-state index contributed by atoms with van der Waals surface area (Å²) in [6.45, 7) is 8.05. The number of aromatic amines is 1. The molecular formula is C30H37N5O4S. The third-order valence-corrected chi connectivity index (χ3v) is 8.21. The van der Waals surface area contributed by atoms with Crippen molar-refractivity contribution in [1.82, 2.24) is 14.5 Å². The van der Waals surface area contributed by atoms with Crippen LogP contribution < -0.4 is 15.4 Å². The highest BCUT2D eigenvalue weighted by atomic mass is 32.1. The van der Waals surface area contributed by atoms with Crippen molar-refractivity contribution in [3.8, 4) is 0 Å². The van der Waals surface area contributed by atoms with E-state index in [4.69, 9.17) is 17.0 Å². The lowest BCUT2D eigenvalue weighted by atomic mass is 10.1. The third kappa shape index (κ3) is 6.45. The van der Waals surface area contributed by atoms with Crippen LogP contribution in [-0.2, 0) is 16.1 Å². The molecular weight excluding hydrogens is 526 g/mol. The molecule has 40 heavy (non-hydrogen) atoms. The van der Waals surface area contributed by atoms with Gasteiger partial charge in [0.15, 0.2) is 10.6 Å². The molecule has 2 aromatic carbocycles. The van der Waals surface area contributed by atoms with Gasteiger partial charge in [0.05, 0.1) is 24.1 Å². The van der Waals surface area contributed by atoms with E-state index in [1.807, 2.05) is 47.4 Å². The maximum absolute atomic E-state index is 13.3. The zero-order valence-electron chi connectivity index (χ0n) is 23.1. The first-order valence-electron chi connectivity index (χ1n) is 14.1. The van der Waals surface area contributed by atoms with Crippen LogP contribution in [0.4, 0.5) is 11.4 Å². The summed E-state index contributed by atoms with van der Waals surface area (Å²) in [6.07, 6.45) is 2.92. The molecule has 1 amide bonds. The van der Waals surface area contributed by atoms with E-state index in [0.717, 1.165) is 62.3 Å². The fraction of sp³-hybridized carbons (Fsp3) is 0.467. The van der Waals surface area contributed by atoms with Crippen LogP contribution in [0.1, 0.15) is 43.0 Å². The van der Waals surface area contributed by atoms with E-state index >= 15 is 0 Å². The molecule has 3 heterocycles. The number of amides is 1. The minimum Gasteiger partial charge on any atom is -0.378 e. The standard InChI is InChI=1S/C30H37N5O4S/c1-22(36)23-6-8-24(9-7-23)32-13-15-34(16-14-32)28(37)5-3-2-4-12-35-29(38)26-21-25(33-17-19-39-20-18-33)10-11-27(26)31-30(35)40/h6-11,21H,2-5,12-20H2,1H3,(H,31,40). The second-order valence-corrected chi connectivity index (χ2v) is 10.9. The van der Waals surface area contributed by atoms with Crippen molar-refractivity contribution in [2.24, 2.45) is 0 Å². The maximum atomic E-state index is 13.3. The van der Waals surface area contributed by atoms with Gasteiger partial charge in [0, 0.05) is 69.2 Å². The van der Waals surface area contributed by atoms with E-state index < -0.39 is 0 Å². The number of unbranched alkanes of at least 4 members (excludes halogenated alkanes) is 2. The maximum Gasteiger partial charge on any atom is 0.262 e. The monoisotopic (exact) mass is 563 g/mol. The molecule has 2 aliphatic heterocycles. The minimum absolute atomic E-state index is 0.0623. The van der Waals surface area contributed by atoms with Gasteiger partial charge in [0.2, 0.25) is 5.91 Å². The Bertz CT molecular complexity index is 1470. The number of hydrogen-bond acceptors (Lipinski definition) is 7. The smallest absolute Gasteiger partial charge is 0.262 e. The molecule has 0 spiro atoms. The Balaban J connectivity index is 1.09. The summed E-state index contributed by atoms with van der Waals surface area (Å²) in [5.74, 6) is 0.245. The van der Waals surface area contributed by atoms with E-state index in [9.17, 15) is 14.4 Å². The molecule has 2 saturated heterocycles. The lowest BCUT2D eigenvalue weighted by Crippen LogP contribution is -2.48. The lowest BCUT2D eigenvalue weighted by molar-refractivity contribution is -0.131. The van der Waals surface area contributed by atoms with Crippen LogP contribution in [0.5, 0.6) is 0 Å². The molecule has 2 aliphatic rings. The predicted molar refractivity (Wildman–Crippen MR) is 160 cm³/mol. The number of rotatable bonds is 9. The Morgan fingerprint density at radius 3 is 2.25 bits per heavy atom. The number of Topliss-reactive ketones (excluding diaryl/α,β-unsaturated/α-hetero) is 1. The number of nitrogens with one attached hydrogen (secondary N) is 1. The molecule has 2 fully saturated rings. The van der Waals surface area contributed by atoms with Crippen LogP contribution >= 0.6 is 12.2 Å². The number of benzene rings is 2. The van der Waals surface area contributed by atoms with E-state index in [1.54, 1.807) is 11.5 Å². The number of anilines is 2. The summed E-state index contributed by atoms with van der Waals surface area (Å²) in [5.41, 5.74) is 3.50. The van der Waals surface area contributed by atoms with Crippen molar-refractivity contribution in [3.05, 3.63) is 63.2 Å². The number of fused-ring (bicyclic) bond motifs is 1. The van der Waals surface area contributed by atoms with Crippen molar-refractivity contribution < 1.29 is 14.3 Å². The number of carbonyl (C=O) groups is 2. The second kappa shape index (κ2) is 12.8. The first-order valence-corrected chi connectivity index (χ1v) is 14.5. The van der Waals surface area contributed by atoms with Gasteiger partial charge in [-0.3, -0.25) is 19.0 Å². The van der Waals surface area contributed by atoms with Gasteiger partial charge < -0.3 is 24.4 Å². The summed E-state index contributed by atoms with van der Waals surface area (Å²) >= 11 is 5.49. The molecule has 0 radical (unpaired) electrons. The van der Waals surface area contributed by atoms with Gasteiger partial charge in [-0.2, -0.15) is 0 Å². The van der Waals surface area contributed by atoms with Crippen molar-refractivity contribution in [2.45, 2.75) is 39.2 Å². The van der Waals surface area contributed by atoms with Crippen LogP contribution in [-0.4, -0.2) is 78.6 Å². The normalized spacial score (nSPS) is 16.0. The lowest BCUT2D eigenvalue weighted by Gasteiger charge is -2.36. The molecule has 9 nitrogen and oxygen atoms in total. The average Bonchev–Trinajstić information content (AvgIpc) is 2.99. The van der Waals surface area contributed by atoms with Gasteiger partial charge >= 0.3 is 0 Å². The number of ketones is 1. The van der Waals surface area contributed by atoms with Crippen molar-refractivity contribution in [2.75, 3.05) is 62.3 Å². The number of morpholine rings is 1. The van der Waals surface area contributed by atoms with Gasteiger partial charge in [-0.25, -0.2) is 0 Å². The Morgan fingerprint density at radius 1 is 0.875 bits per heavy atom. The first-order chi connectivity index (χ1) is 19.4. The third-order valence-electron chi connectivity index (χ3n) is 7.89. The molecule has 10 heteroatoms. The van der Waals surface area contributed by atoms with Crippen LogP contribution in [0, 0.1) is 4.77 Å². The SMILES string of the molecule is CC(=O)c1ccc(N2CCN(C(=O)CCCCCn3c(=S)[nH]c4ccc(N5CCOCC5)cc4c3=O)CC2)cc1. The summed E-state index contributed by atoms with van der Waals surface area (Å²) in [4.78, 5) is 47.2. The number of H-pyrrole nitrogens is 1. The number of aromatic nitrogens is 2. The van der Waals surface area contributed by atoms with Crippen molar-refractivity contribution in [3.63, 3.8) is 0 Å². The molecule has 0 aliphatic carbocycles. The highest BCUT2D eigenvalue weighted by Crippen LogP contribution is 2.21. The fourth-order valence-electron chi connectivity index (χ4n) is 5.46. The quantitative estimate of drug-likeness (QED) is 0.239. The topological polar surface area (TPSA) is 90.9 Å². The zero-order valence-corrected chi connectivity index (χ0v) is 23.9. The van der Waals surface area contributed by atoms with Crippen LogP contribution in [0.3, 0.4) is 0 Å². The zero-order chi connectivity index (χ0) is 28.1. The molecule has 5 rings (SSSR count). The van der Waals surface area contributed by atoms with Gasteiger partial charge in [-0.15, -0.1) is 0 Å². The summed E-state index contributed by atoms with van der Waals surface area (Å²) in [6, 6.07) is 13.6. The number of ether oxygens (including phenoxy) is 1. The van der Waals surface area contributed by atoms with E-state index in [0.29, 0.717) is 55.0 Å². The fourth-order valence-corrected chi connectivity index (χ4v) is 5.75. The van der Waals surface area contributed by atoms with Gasteiger partial charge in [-0.1, -0.05) is 6.42 Å². The molecule has 3 aromatic rings. The molecule has 1 N–H and O–H groups in total. The van der Waals surface area contributed by atoms with E-state index in [1.165, 1.54) is 0 Å². The van der Waals surface area contributed by atoms with Crippen LogP contribution in [0.25, 0.3) is 10.9 Å². The van der Waals surface area contributed by atoms with Gasteiger partial charge in [-0.05, 0) is 74.4 Å². The Labute approximate surface area is 239 Å². The Morgan fingerprint density at radius 2 is 1.55 bits per heavy atom. The number of carbonyl (C=O) groups excluding carboxylic acids is 2. The number of nitrogens with zero attached hydrogens (tertiary/aromatic N) is 4. The van der Waals surface area contributed by atoms with Crippen LogP contribution in [0.2, 0.25) is 0 Å². The second-order valence-electron chi connectivity index (χ2n) is 10.5. The molecule has 212 valence electrons. The molecule has 0 atom stereocenters. The van der Waals surface area contributed by atoms with Gasteiger partial charge in [0.1, 0.15) is 0 Å². The summed E-state index contributed by atoms with van der Waals surface area (Å²) in [7, 11) is 0. The molecule has 0 unspecified atom stereocenters. The average molecular weight is 564 g/mol. The van der Waals surface area contributed by atoms with Crippen LogP contribution in [0.15, 0.2) is 47.3 Å². The number of piperazine rings is 1. The Kier molecular flexibility index (Phi) is 8.96. The van der Waals surface area contributed by atoms with Gasteiger partial charge in [0.25, 0.3) is 5.56 Å². The number of hydrogen-bond donors (Lipinski definition) is 1. The summed E-state index contributed by atoms with van der Waals surface area (Å²) < 4.78 is 7.52. The Hall–Kier alpha value is -3.50. The highest BCUT2D eigenvalue weighted by molar-refractivity contribution is 7.71.